The van der Waals surface area contributed by atoms with E-state index in [1.165, 1.54) is 18.0 Å². The van der Waals surface area contributed by atoms with E-state index in [-0.39, 0.29) is 17.6 Å². The van der Waals surface area contributed by atoms with Gasteiger partial charge in [-0.2, -0.15) is 15.0 Å². The predicted octanol–water partition coefficient (Wildman–Crippen LogP) is -0.340. The molecule has 8 nitrogen and oxygen atoms in total. The van der Waals surface area contributed by atoms with Crippen LogP contribution in [-0.4, -0.2) is 55.9 Å². The maximum absolute atomic E-state index is 12.6. The maximum atomic E-state index is 12.6. The molecule has 1 saturated heterocycles. The molecule has 0 saturated carbocycles. The van der Waals surface area contributed by atoms with E-state index in [0.29, 0.717) is 17.6 Å². The molecule has 0 amide bonds. The number of rotatable bonds is 4. The van der Waals surface area contributed by atoms with Gasteiger partial charge in [-0.25, -0.2) is 13.1 Å². The standard InChI is InChI=1S/C12H16N4O4S/c1-16-13-8-4-3-5-11(12(8)14-16)21(17,18)15-9-6-20-7-10(9)19-2/h3-5,9-10,15H,6-7H2,1-2H3/t9-,10-/m0/s1. The van der Waals surface area contributed by atoms with Crippen LogP contribution < -0.4 is 4.72 Å². The van der Waals surface area contributed by atoms with Crippen LogP contribution >= 0.6 is 0 Å². The lowest BCUT2D eigenvalue weighted by Crippen LogP contribution is -2.43. The number of hydrogen-bond donors (Lipinski definition) is 1. The number of sulfonamides is 1. The number of methoxy groups -OCH3 is 1. The Kier molecular flexibility index (Phi) is 3.66. The quantitative estimate of drug-likeness (QED) is 0.830. The molecule has 0 radical (unpaired) electrons. The molecule has 0 spiro atoms. The third-order valence-electron chi connectivity index (χ3n) is 3.40. The number of nitrogens with one attached hydrogen (secondary N) is 1. The number of fused-ring (bicyclic) bond motifs is 1. The number of ether oxygens (including phenoxy) is 2. The Balaban J connectivity index is 1.97. The van der Waals surface area contributed by atoms with Crippen LogP contribution in [0.25, 0.3) is 11.0 Å². The smallest absolute Gasteiger partial charge is 0.243 e. The predicted molar refractivity (Wildman–Crippen MR) is 74.2 cm³/mol. The Labute approximate surface area is 122 Å². The van der Waals surface area contributed by atoms with Crippen molar-refractivity contribution in [3.63, 3.8) is 0 Å². The Morgan fingerprint density at radius 3 is 2.95 bits per heavy atom. The van der Waals surface area contributed by atoms with Crippen LogP contribution in [-0.2, 0) is 26.5 Å². The fourth-order valence-corrected chi connectivity index (χ4v) is 3.77. The molecule has 0 bridgehead atoms. The minimum atomic E-state index is -3.73. The van der Waals surface area contributed by atoms with Gasteiger partial charge < -0.3 is 9.47 Å². The van der Waals surface area contributed by atoms with E-state index in [1.807, 2.05) is 0 Å². The van der Waals surface area contributed by atoms with Gasteiger partial charge in [0.25, 0.3) is 0 Å². The van der Waals surface area contributed by atoms with Crippen LogP contribution in [0.1, 0.15) is 0 Å². The van der Waals surface area contributed by atoms with Crippen LogP contribution in [0, 0.1) is 0 Å². The summed E-state index contributed by atoms with van der Waals surface area (Å²) in [5.41, 5.74) is 0.881. The van der Waals surface area contributed by atoms with Crippen molar-refractivity contribution in [2.45, 2.75) is 17.0 Å². The summed E-state index contributed by atoms with van der Waals surface area (Å²) in [6, 6.07) is 4.46. The summed E-state index contributed by atoms with van der Waals surface area (Å²) in [6.45, 7) is 0.660. The molecule has 1 aliphatic heterocycles. The molecule has 3 rings (SSSR count). The summed E-state index contributed by atoms with van der Waals surface area (Å²) in [5, 5.41) is 8.23. The van der Waals surface area contributed by atoms with Gasteiger partial charge in [-0.15, -0.1) is 0 Å². The van der Waals surface area contributed by atoms with E-state index in [0.717, 1.165) is 0 Å². The largest absolute Gasteiger partial charge is 0.377 e. The first-order valence-corrected chi connectivity index (χ1v) is 7.92. The van der Waals surface area contributed by atoms with E-state index >= 15 is 0 Å². The van der Waals surface area contributed by atoms with Gasteiger partial charge in [0.15, 0.2) is 0 Å². The lowest BCUT2D eigenvalue weighted by Gasteiger charge is -2.17. The highest BCUT2D eigenvalue weighted by Gasteiger charge is 2.33. The summed E-state index contributed by atoms with van der Waals surface area (Å²) in [4.78, 5) is 1.45. The Bertz CT molecular complexity index is 758. The lowest BCUT2D eigenvalue weighted by molar-refractivity contribution is 0.0761. The van der Waals surface area contributed by atoms with Crippen molar-refractivity contribution in [2.24, 2.45) is 7.05 Å². The first-order chi connectivity index (χ1) is 10.0. The van der Waals surface area contributed by atoms with Crippen LogP contribution in [0.2, 0.25) is 0 Å². The van der Waals surface area contributed by atoms with Crippen LogP contribution in [0.3, 0.4) is 0 Å². The van der Waals surface area contributed by atoms with Crippen molar-refractivity contribution in [3.8, 4) is 0 Å². The molecular formula is C12H16N4O4S. The molecule has 1 aliphatic rings. The summed E-state index contributed by atoms with van der Waals surface area (Å²) in [5.74, 6) is 0. The third kappa shape index (κ3) is 2.64. The van der Waals surface area contributed by atoms with Gasteiger partial charge in [-0.05, 0) is 12.1 Å². The van der Waals surface area contributed by atoms with Gasteiger partial charge in [0.1, 0.15) is 15.9 Å². The molecule has 1 fully saturated rings. The van der Waals surface area contributed by atoms with Gasteiger partial charge in [0, 0.05) is 14.2 Å². The van der Waals surface area contributed by atoms with Crippen molar-refractivity contribution >= 4 is 21.1 Å². The molecule has 9 heteroatoms. The van der Waals surface area contributed by atoms with Crippen molar-refractivity contribution in [3.05, 3.63) is 18.2 Å². The second kappa shape index (κ2) is 5.34. The molecule has 2 heterocycles. The zero-order valence-electron chi connectivity index (χ0n) is 11.7. The van der Waals surface area contributed by atoms with Crippen LogP contribution in [0.15, 0.2) is 23.1 Å². The van der Waals surface area contributed by atoms with Gasteiger partial charge in [0.05, 0.1) is 25.4 Å². The Morgan fingerprint density at radius 2 is 2.19 bits per heavy atom. The average molecular weight is 312 g/mol. The van der Waals surface area contributed by atoms with E-state index in [4.69, 9.17) is 9.47 Å². The fourth-order valence-electron chi connectivity index (χ4n) is 2.37. The zero-order chi connectivity index (χ0) is 15.0. The number of aromatic nitrogens is 3. The summed E-state index contributed by atoms with van der Waals surface area (Å²) >= 11 is 0. The fraction of sp³-hybridized carbons (Fsp3) is 0.500. The average Bonchev–Trinajstić information content (AvgIpc) is 3.02. The topological polar surface area (TPSA) is 95.3 Å². The van der Waals surface area contributed by atoms with Gasteiger partial charge >= 0.3 is 0 Å². The SMILES string of the molecule is CO[C@H]1COC[C@@H]1NS(=O)(=O)c1cccc2nn(C)nc12. The second-order valence-corrected chi connectivity index (χ2v) is 6.54. The first kappa shape index (κ1) is 14.4. The Hall–Kier alpha value is -1.55. The lowest BCUT2D eigenvalue weighted by atomic mass is 10.2. The van der Waals surface area contributed by atoms with Crippen LogP contribution in [0.5, 0.6) is 0 Å². The monoisotopic (exact) mass is 312 g/mol. The van der Waals surface area contributed by atoms with E-state index in [2.05, 4.69) is 14.9 Å². The molecule has 2 aromatic rings. The number of benzene rings is 1. The van der Waals surface area contributed by atoms with Crippen molar-refractivity contribution in [1.82, 2.24) is 19.7 Å². The van der Waals surface area contributed by atoms with Crippen molar-refractivity contribution in [1.29, 1.82) is 0 Å². The summed E-state index contributed by atoms with van der Waals surface area (Å²) < 4.78 is 38.2. The summed E-state index contributed by atoms with van der Waals surface area (Å²) in [6.07, 6.45) is -0.291. The van der Waals surface area contributed by atoms with E-state index in [9.17, 15) is 8.42 Å². The molecule has 2 atom stereocenters. The first-order valence-electron chi connectivity index (χ1n) is 6.44. The zero-order valence-corrected chi connectivity index (χ0v) is 12.5. The highest BCUT2D eigenvalue weighted by atomic mass is 32.2. The normalized spacial score (nSPS) is 23.0. The number of aryl methyl sites for hydroxylation is 1. The molecule has 1 aromatic carbocycles. The van der Waals surface area contributed by atoms with Gasteiger partial charge in [0.2, 0.25) is 10.0 Å². The number of hydrogen-bond acceptors (Lipinski definition) is 6. The van der Waals surface area contributed by atoms with Crippen molar-refractivity contribution in [2.75, 3.05) is 20.3 Å². The van der Waals surface area contributed by atoms with Crippen molar-refractivity contribution < 1.29 is 17.9 Å². The Morgan fingerprint density at radius 1 is 1.38 bits per heavy atom. The second-order valence-electron chi connectivity index (χ2n) is 4.85. The molecule has 1 N–H and O–H groups in total. The van der Waals surface area contributed by atoms with E-state index < -0.39 is 16.1 Å². The molecular weight excluding hydrogens is 296 g/mol. The maximum Gasteiger partial charge on any atom is 0.243 e. The van der Waals surface area contributed by atoms with E-state index in [1.54, 1.807) is 19.2 Å². The highest BCUT2D eigenvalue weighted by molar-refractivity contribution is 7.89. The highest BCUT2D eigenvalue weighted by Crippen LogP contribution is 2.21. The van der Waals surface area contributed by atoms with Gasteiger partial charge in [-0.3, -0.25) is 0 Å². The molecule has 21 heavy (non-hydrogen) atoms. The molecule has 1 aromatic heterocycles. The van der Waals surface area contributed by atoms with Crippen LogP contribution in [0.4, 0.5) is 0 Å². The summed E-state index contributed by atoms with van der Waals surface area (Å²) in [7, 11) is -0.546. The molecule has 0 aliphatic carbocycles. The van der Waals surface area contributed by atoms with Gasteiger partial charge in [-0.1, -0.05) is 6.07 Å². The molecule has 114 valence electrons. The minimum Gasteiger partial charge on any atom is -0.377 e. The molecule has 0 unspecified atom stereocenters. The minimum absolute atomic E-state index is 0.106. The number of nitrogens with zero attached hydrogens (tertiary/aromatic N) is 3. The third-order valence-corrected chi connectivity index (χ3v) is 4.92.